The van der Waals surface area contributed by atoms with Crippen LogP contribution in [0.2, 0.25) is 0 Å². The summed E-state index contributed by atoms with van der Waals surface area (Å²) in [7, 11) is 1.60. The highest BCUT2D eigenvalue weighted by atomic mass is 127. The van der Waals surface area contributed by atoms with E-state index in [1.807, 2.05) is 58.0 Å². The lowest BCUT2D eigenvalue weighted by molar-refractivity contribution is 0.0962. The van der Waals surface area contributed by atoms with Gasteiger partial charge in [-0.1, -0.05) is 19.1 Å². The number of hydrogen-bond acceptors (Lipinski definition) is 3. The Morgan fingerprint density at radius 3 is 2.42 bits per heavy atom. The summed E-state index contributed by atoms with van der Waals surface area (Å²) in [5, 5.41) is 0. The van der Waals surface area contributed by atoms with Crippen LogP contribution in [0.25, 0.3) is 0 Å². The summed E-state index contributed by atoms with van der Waals surface area (Å²) in [4.78, 5) is 13.1. The largest absolute Gasteiger partial charge is 0.496 e. The summed E-state index contributed by atoms with van der Waals surface area (Å²) >= 11 is 2.23. The van der Waals surface area contributed by atoms with Crippen molar-refractivity contribution in [2.24, 2.45) is 0 Å². The van der Waals surface area contributed by atoms with E-state index in [2.05, 4.69) is 22.6 Å². The average molecular weight is 438 g/mol. The number of halogens is 1. The van der Waals surface area contributed by atoms with Crippen molar-refractivity contribution in [2.45, 2.75) is 33.6 Å². The zero-order valence-electron chi connectivity index (χ0n) is 14.8. The van der Waals surface area contributed by atoms with Gasteiger partial charge in [0, 0.05) is 9.49 Å². The average Bonchev–Trinajstić information content (AvgIpc) is 2.54. The van der Waals surface area contributed by atoms with Crippen molar-refractivity contribution in [3.05, 3.63) is 56.2 Å². The van der Waals surface area contributed by atoms with E-state index in [0.29, 0.717) is 17.9 Å². The number of rotatable bonds is 6. The molecule has 0 aliphatic rings. The van der Waals surface area contributed by atoms with Gasteiger partial charge in [-0.2, -0.15) is 0 Å². The lowest BCUT2D eigenvalue weighted by atomic mass is 9.89. The molecule has 0 fully saturated rings. The summed E-state index contributed by atoms with van der Waals surface area (Å²) in [5.74, 6) is 1.33. The number of carbonyl (C=O) groups is 1. The molecule has 2 aromatic rings. The molecule has 2 aromatic carbocycles. The fourth-order valence-electron chi connectivity index (χ4n) is 2.82. The Kier molecular flexibility index (Phi) is 6.27. The van der Waals surface area contributed by atoms with Crippen molar-refractivity contribution in [1.29, 1.82) is 0 Å². The lowest BCUT2D eigenvalue weighted by Crippen LogP contribution is -2.13. The lowest BCUT2D eigenvalue weighted by Gasteiger charge is -2.17. The Labute approximate surface area is 157 Å². The quantitative estimate of drug-likeness (QED) is 0.454. The molecule has 3 nitrogen and oxygen atoms in total. The number of carbonyl (C=O) groups excluding carboxylic acids is 1. The molecule has 0 saturated heterocycles. The van der Waals surface area contributed by atoms with E-state index in [0.717, 1.165) is 26.0 Å². The third-order valence-corrected chi connectivity index (χ3v) is 4.75. The maximum absolute atomic E-state index is 13.1. The molecule has 0 heterocycles. The maximum atomic E-state index is 13.1. The van der Waals surface area contributed by atoms with Gasteiger partial charge in [0.15, 0.2) is 5.78 Å². The second-order valence-corrected chi connectivity index (χ2v) is 7.09. The summed E-state index contributed by atoms with van der Waals surface area (Å²) in [6.45, 7) is 8.49. The van der Waals surface area contributed by atoms with Crippen LogP contribution in [0, 0.1) is 17.4 Å². The van der Waals surface area contributed by atoms with Crippen LogP contribution in [0.15, 0.2) is 30.3 Å². The Hall–Kier alpha value is -1.56. The van der Waals surface area contributed by atoms with Gasteiger partial charge in [0.05, 0.1) is 19.3 Å². The normalized spacial score (nSPS) is 11.9. The van der Waals surface area contributed by atoms with Gasteiger partial charge in [-0.15, -0.1) is 0 Å². The van der Waals surface area contributed by atoms with E-state index in [4.69, 9.17) is 9.47 Å². The van der Waals surface area contributed by atoms with Crippen LogP contribution in [0.4, 0.5) is 0 Å². The Bertz CT molecular complexity index is 753. The standard InChI is InChI=1S/C20H23IO3/c1-6-24-17-8-7-15(9-12(17)2)14(4)20(22)19-13(3)10-16(21)11-18(19)23-5/h7-11,14H,6H2,1-5H3. The Morgan fingerprint density at radius 2 is 1.83 bits per heavy atom. The first-order chi connectivity index (χ1) is 11.4. The smallest absolute Gasteiger partial charge is 0.174 e. The zero-order valence-corrected chi connectivity index (χ0v) is 16.9. The molecule has 2 rings (SSSR count). The van der Waals surface area contributed by atoms with E-state index in [1.54, 1.807) is 7.11 Å². The second kappa shape index (κ2) is 8.01. The summed E-state index contributed by atoms with van der Waals surface area (Å²) in [6.07, 6.45) is 0. The molecule has 0 aliphatic carbocycles. The summed E-state index contributed by atoms with van der Waals surface area (Å²) < 4.78 is 12.1. The molecule has 0 saturated carbocycles. The van der Waals surface area contributed by atoms with Gasteiger partial charge < -0.3 is 9.47 Å². The van der Waals surface area contributed by atoms with Crippen molar-refractivity contribution in [3.63, 3.8) is 0 Å². The van der Waals surface area contributed by atoms with Gasteiger partial charge in [0.2, 0.25) is 0 Å². The van der Waals surface area contributed by atoms with E-state index >= 15 is 0 Å². The van der Waals surface area contributed by atoms with Gasteiger partial charge in [-0.3, -0.25) is 4.79 Å². The van der Waals surface area contributed by atoms with Crippen LogP contribution < -0.4 is 9.47 Å². The van der Waals surface area contributed by atoms with E-state index in [9.17, 15) is 4.79 Å². The van der Waals surface area contributed by atoms with Gasteiger partial charge >= 0.3 is 0 Å². The van der Waals surface area contributed by atoms with Crippen molar-refractivity contribution in [1.82, 2.24) is 0 Å². The highest BCUT2D eigenvalue weighted by Gasteiger charge is 2.23. The number of benzene rings is 2. The first kappa shape index (κ1) is 18.8. The minimum Gasteiger partial charge on any atom is -0.496 e. The van der Waals surface area contributed by atoms with Gasteiger partial charge in [-0.25, -0.2) is 0 Å². The number of Topliss-reactive ketones (excluding diaryl/α,β-unsaturated/α-hetero) is 1. The molecule has 24 heavy (non-hydrogen) atoms. The predicted molar refractivity (Wildman–Crippen MR) is 106 cm³/mol. The number of aryl methyl sites for hydroxylation is 2. The number of ether oxygens (including phenoxy) is 2. The highest BCUT2D eigenvalue weighted by molar-refractivity contribution is 14.1. The van der Waals surface area contributed by atoms with Gasteiger partial charge in [-0.05, 0) is 78.3 Å². The summed E-state index contributed by atoms with van der Waals surface area (Å²) in [6, 6.07) is 9.84. The minimum atomic E-state index is -0.243. The van der Waals surface area contributed by atoms with Crippen molar-refractivity contribution in [2.75, 3.05) is 13.7 Å². The zero-order chi connectivity index (χ0) is 17.9. The Balaban J connectivity index is 2.38. The van der Waals surface area contributed by atoms with Crippen molar-refractivity contribution >= 4 is 28.4 Å². The molecular formula is C20H23IO3. The maximum Gasteiger partial charge on any atom is 0.174 e. The molecule has 4 heteroatoms. The number of methoxy groups -OCH3 is 1. The molecule has 0 aliphatic heterocycles. The third kappa shape index (κ3) is 3.91. The Morgan fingerprint density at radius 1 is 1.12 bits per heavy atom. The van der Waals surface area contributed by atoms with Crippen LogP contribution in [-0.4, -0.2) is 19.5 Å². The molecule has 0 amide bonds. The predicted octanol–water partition coefficient (Wildman–Crippen LogP) is 5.30. The van der Waals surface area contributed by atoms with E-state index < -0.39 is 0 Å². The monoisotopic (exact) mass is 438 g/mol. The SMILES string of the molecule is CCOc1ccc(C(C)C(=O)c2c(C)cc(I)cc2OC)cc1C. The van der Waals surface area contributed by atoms with Crippen LogP contribution in [0.3, 0.4) is 0 Å². The third-order valence-electron chi connectivity index (χ3n) is 4.12. The molecule has 0 aromatic heterocycles. The minimum absolute atomic E-state index is 0.0734. The number of hydrogen-bond donors (Lipinski definition) is 0. The van der Waals surface area contributed by atoms with Crippen molar-refractivity contribution < 1.29 is 14.3 Å². The first-order valence-electron chi connectivity index (χ1n) is 8.00. The van der Waals surface area contributed by atoms with Crippen LogP contribution >= 0.6 is 22.6 Å². The van der Waals surface area contributed by atoms with Crippen LogP contribution in [0.1, 0.15) is 46.8 Å². The van der Waals surface area contributed by atoms with E-state index in [-0.39, 0.29) is 11.7 Å². The molecule has 1 atom stereocenters. The molecular weight excluding hydrogens is 415 g/mol. The second-order valence-electron chi connectivity index (χ2n) is 5.84. The molecule has 0 spiro atoms. The van der Waals surface area contributed by atoms with Gasteiger partial charge in [0.25, 0.3) is 0 Å². The highest BCUT2D eigenvalue weighted by Crippen LogP contribution is 2.32. The molecule has 0 N–H and O–H groups in total. The molecule has 128 valence electrons. The molecule has 0 radical (unpaired) electrons. The fraction of sp³-hybridized carbons (Fsp3) is 0.350. The number of ketones is 1. The van der Waals surface area contributed by atoms with E-state index in [1.165, 1.54) is 0 Å². The molecule has 1 unspecified atom stereocenters. The van der Waals surface area contributed by atoms with Gasteiger partial charge in [0.1, 0.15) is 11.5 Å². The van der Waals surface area contributed by atoms with Crippen LogP contribution in [0.5, 0.6) is 11.5 Å². The topological polar surface area (TPSA) is 35.5 Å². The first-order valence-corrected chi connectivity index (χ1v) is 9.08. The van der Waals surface area contributed by atoms with Crippen molar-refractivity contribution in [3.8, 4) is 11.5 Å². The fourth-order valence-corrected chi connectivity index (χ4v) is 3.57. The van der Waals surface area contributed by atoms with Crippen LogP contribution in [-0.2, 0) is 0 Å². The molecule has 0 bridgehead atoms. The summed E-state index contributed by atoms with van der Waals surface area (Å²) in [5.41, 5.74) is 3.64.